The number of likely N-dealkylation sites (N-methyl/N-ethyl adjacent to an activating group) is 1. The van der Waals surface area contributed by atoms with Gasteiger partial charge in [-0.05, 0) is 23.8 Å². The Hall–Kier alpha value is -1.36. The number of hydrogen-bond acceptors (Lipinski definition) is 2. The van der Waals surface area contributed by atoms with Crippen molar-refractivity contribution in [2.45, 2.75) is 6.42 Å². The third kappa shape index (κ3) is 1.87. The van der Waals surface area contributed by atoms with Crippen LogP contribution in [0.3, 0.4) is 0 Å². The minimum absolute atomic E-state index is 0.0762. The summed E-state index contributed by atoms with van der Waals surface area (Å²) in [5.74, 6) is 0.0762. The Morgan fingerprint density at radius 1 is 1.53 bits per heavy atom. The van der Waals surface area contributed by atoms with Crippen LogP contribution in [0.25, 0.3) is 0 Å². The van der Waals surface area contributed by atoms with Gasteiger partial charge in [0.25, 0.3) is 4.82 Å². The Kier molecular flexibility index (Phi) is 2.48. The number of anilines is 2. The van der Waals surface area contributed by atoms with Gasteiger partial charge in [-0.15, -0.1) is 0 Å². The summed E-state index contributed by atoms with van der Waals surface area (Å²) >= 11 is 2.79. The van der Waals surface area contributed by atoms with E-state index in [1.54, 1.807) is 18.0 Å². The van der Waals surface area contributed by atoms with Crippen molar-refractivity contribution >= 4 is 38.0 Å². The quantitative estimate of drug-likeness (QED) is 0.627. The standard InChI is InChI=1S/C10H9BrN2O2/c1-13-8-3-2-7(12-10(11)15)4-6(8)5-9(13)14/h2-4H,5H2,1H3,(H,12,15). The second kappa shape index (κ2) is 3.66. The van der Waals surface area contributed by atoms with E-state index in [2.05, 4.69) is 21.2 Å². The van der Waals surface area contributed by atoms with Crippen LogP contribution in [0.15, 0.2) is 18.2 Å². The highest BCUT2D eigenvalue weighted by Gasteiger charge is 2.23. The molecule has 1 aliphatic heterocycles. The molecular formula is C10H9BrN2O2. The molecule has 1 aliphatic rings. The van der Waals surface area contributed by atoms with Gasteiger partial charge in [0.2, 0.25) is 5.91 Å². The zero-order chi connectivity index (χ0) is 11.0. The van der Waals surface area contributed by atoms with E-state index in [-0.39, 0.29) is 10.7 Å². The maximum absolute atomic E-state index is 11.4. The van der Waals surface area contributed by atoms with Crippen molar-refractivity contribution in [3.63, 3.8) is 0 Å². The number of halogens is 1. The average Bonchev–Trinajstić information content (AvgIpc) is 2.41. The molecular weight excluding hydrogens is 260 g/mol. The molecule has 5 heteroatoms. The van der Waals surface area contributed by atoms with E-state index in [1.165, 1.54) is 0 Å². The molecule has 1 heterocycles. The molecule has 0 bridgehead atoms. The third-order valence-corrected chi connectivity index (χ3v) is 2.60. The number of amides is 2. The Bertz CT molecular complexity index is 445. The van der Waals surface area contributed by atoms with Gasteiger partial charge in [0.1, 0.15) is 0 Å². The van der Waals surface area contributed by atoms with E-state index in [1.807, 2.05) is 12.1 Å². The van der Waals surface area contributed by atoms with Gasteiger partial charge < -0.3 is 10.2 Å². The predicted octanol–water partition coefficient (Wildman–Crippen LogP) is 2.13. The summed E-state index contributed by atoms with van der Waals surface area (Å²) in [6.45, 7) is 0. The lowest BCUT2D eigenvalue weighted by molar-refractivity contribution is -0.117. The lowest BCUT2D eigenvalue weighted by Gasteiger charge is -2.10. The molecule has 0 aliphatic carbocycles. The van der Waals surface area contributed by atoms with Crippen LogP contribution in [0, 0.1) is 0 Å². The molecule has 1 N–H and O–H groups in total. The lowest BCUT2D eigenvalue weighted by Crippen LogP contribution is -2.20. The Balaban J connectivity index is 2.33. The smallest absolute Gasteiger partial charge is 0.291 e. The fraction of sp³-hybridized carbons (Fsp3) is 0.200. The number of carbonyl (C=O) groups excluding carboxylic acids is 2. The zero-order valence-corrected chi connectivity index (χ0v) is 9.67. The minimum Gasteiger partial charge on any atom is -0.317 e. The van der Waals surface area contributed by atoms with Crippen LogP contribution in [0.2, 0.25) is 0 Å². The summed E-state index contributed by atoms with van der Waals surface area (Å²) in [6, 6.07) is 5.42. The number of carbonyl (C=O) groups is 2. The molecule has 0 saturated heterocycles. The van der Waals surface area contributed by atoms with Crippen molar-refractivity contribution in [3.05, 3.63) is 23.8 Å². The van der Waals surface area contributed by atoms with Crippen molar-refractivity contribution in [2.75, 3.05) is 17.3 Å². The summed E-state index contributed by atoms with van der Waals surface area (Å²) in [4.78, 5) is 23.5. The van der Waals surface area contributed by atoms with Crippen LogP contribution < -0.4 is 10.2 Å². The molecule has 0 saturated carbocycles. The van der Waals surface area contributed by atoms with Crippen LogP contribution in [-0.4, -0.2) is 17.8 Å². The lowest BCUT2D eigenvalue weighted by atomic mass is 10.1. The van der Waals surface area contributed by atoms with Gasteiger partial charge in [0.05, 0.1) is 6.42 Å². The topological polar surface area (TPSA) is 49.4 Å². The first-order chi connectivity index (χ1) is 7.08. The number of nitrogens with one attached hydrogen (secondary N) is 1. The van der Waals surface area contributed by atoms with Crippen molar-refractivity contribution in [3.8, 4) is 0 Å². The fourth-order valence-corrected chi connectivity index (χ4v) is 1.89. The molecule has 2 rings (SSSR count). The molecule has 0 radical (unpaired) electrons. The summed E-state index contributed by atoms with van der Waals surface area (Å²) in [6.07, 6.45) is 0.401. The number of fused-ring (bicyclic) bond motifs is 1. The molecule has 0 atom stereocenters. The maximum atomic E-state index is 11.4. The van der Waals surface area contributed by atoms with E-state index in [9.17, 15) is 9.59 Å². The van der Waals surface area contributed by atoms with Gasteiger partial charge >= 0.3 is 0 Å². The van der Waals surface area contributed by atoms with Crippen molar-refractivity contribution in [2.24, 2.45) is 0 Å². The summed E-state index contributed by atoms with van der Waals surface area (Å²) in [5, 5.41) is 2.61. The van der Waals surface area contributed by atoms with E-state index < -0.39 is 0 Å². The Labute approximate surface area is 95.4 Å². The number of rotatable bonds is 1. The summed E-state index contributed by atoms with van der Waals surface area (Å²) in [5.41, 5.74) is 2.55. The number of benzene rings is 1. The molecule has 15 heavy (non-hydrogen) atoms. The van der Waals surface area contributed by atoms with Crippen molar-refractivity contribution in [1.82, 2.24) is 0 Å². The summed E-state index contributed by atoms with van der Waals surface area (Å²) in [7, 11) is 1.75. The largest absolute Gasteiger partial charge is 0.317 e. The Morgan fingerprint density at radius 3 is 2.93 bits per heavy atom. The Morgan fingerprint density at radius 2 is 2.27 bits per heavy atom. The molecule has 0 aromatic heterocycles. The second-order valence-corrected chi connectivity index (χ2v) is 4.09. The van der Waals surface area contributed by atoms with Gasteiger partial charge in [-0.1, -0.05) is 0 Å². The van der Waals surface area contributed by atoms with Crippen LogP contribution in [-0.2, 0) is 11.2 Å². The van der Waals surface area contributed by atoms with Crippen molar-refractivity contribution in [1.29, 1.82) is 0 Å². The monoisotopic (exact) mass is 268 g/mol. The first-order valence-corrected chi connectivity index (χ1v) is 5.23. The van der Waals surface area contributed by atoms with E-state index in [4.69, 9.17) is 0 Å². The van der Waals surface area contributed by atoms with Gasteiger partial charge in [-0.2, -0.15) is 0 Å². The molecule has 2 amide bonds. The minimum atomic E-state index is -0.292. The average molecular weight is 269 g/mol. The SMILES string of the molecule is CN1C(=O)Cc2cc(NC(=O)Br)ccc21. The van der Waals surface area contributed by atoms with Crippen LogP contribution in [0.4, 0.5) is 16.2 Å². The predicted molar refractivity (Wildman–Crippen MR) is 61.5 cm³/mol. The van der Waals surface area contributed by atoms with E-state index in [0.717, 1.165) is 11.3 Å². The molecule has 1 aromatic rings. The molecule has 0 spiro atoms. The first kappa shape index (κ1) is 10.2. The molecule has 1 aromatic carbocycles. The van der Waals surface area contributed by atoms with Gasteiger partial charge in [-0.25, -0.2) is 0 Å². The first-order valence-electron chi connectivity index (χ1n) is 4.44. The molecule has 0 unspecified atom stereocenters. The number of hydrogen-bond donors (Lipinski definition) is 1. The van der Waals surface area contributed by atoms with Gasteiger partial charge in [0.15, 0.2) is 0 Å². The molecule has 0 fully saturated rings. The second-order valence-electron chi connectivity index (χ2n) is 3.37. The fourth-order valence-electron chi connectivity index (χ4n) is 1.66. The summed E-state index contributed by atoms with van der Waals surface area (Å²) < 4.78 is 0. The highest BCUT2D eigenvalue weighted by atomic mass is 79.9. The molecule has 78 valence electrons. The van der Waals surface area contributed by atoms with E-state index in [0.29, 0.717) is 12.1 Å². The number of nitrogens with zero attached hydrogens (tertiary/aromatic N) is 1. The zero-order valence-electron chi connectivity index (χ0n) is 8.08. The van der Waals surface area contributed by atoms with Gasteiger partial charge in [0, 0.05) is 34.4 Å². The van der Waals surface area contributed by atoms with Crippen LogP contribution in [0.5, 0.6) is 0 Å². The van der Waals surface area contributed by atoms with Crippen LogP contribution in [0.1, 0.15) is 5.56 Å². The van der Waals surface area contributed by atoms with Crippen LogP contribution >= 0.6 is 15.9 Å². The maximum Gasteiger partial charge on any atom is 0.291 e. The highest BCUT2D eigenvalue weighted by Crippen LogP contribution is 2.29. The van der Waals surface area contributed by atoms with Crippen molar-refractivity contribution < 1.29 is 9.59 Å². The highest BCUT2D eigenvalue weighted by molar-refractivity contribution is 9.18. The third-order valence-electron chi connectivity index (χ3n) is 2.40. The molecule has 4 nitrogen and oxygen atoms in total. The van der Waals surface area contributed by atoms with E-state index >= 15 is 0 Å². The normalized spacial score (nSPS) is 14.0. The van der Waals surface area contributed by atoms with Gasteiger partial charge in [-0.3, -0.25) is 9.59 Å².